The molecular weight excluding hydrogens is 362 g/mol. The highest BCUT2D eigenvalue weighted by molar-refractivity contribution is 6.30. The summed E-state index contributed by atoms with van der Waals surface area (Å²) in [7, 11) is 0. The lowest BCUT2D eigenvalue weighted by atomic mass is 10.1. The van der Waals surface area contributed by atoms with E-state index in [-0.39, 0.29) is 24.8 Å². The Morgan fingerprint density at radius 2 is 1.63 bits per heavy atom. The van der Waals surface area contributed by atoms with Crippen molar-refractivity contribution < 1.29 is 14.5 Å². The first-order valence-electron chi connectivity index (χ1n) is 9.26. The van der Waals surface area contributed by atoms with E-state index < -0.39 is 0 Å². The van der Waals surface area contributed by atoms with Crippen LogP contribution in [0.4, 0.5) is 0 Å². The molecular formula is C21H25ClN3O2+. The minimum Gasteiger partial charge on any atom is -0.347 e. The van der Waals surface area contributed by atoms with Crippen LogP contribution >= 0.6 is 11.6 Å². The van der Waals surface area contributed by atoms with Gasteiger partial charge in [-0.05, 0) is 17.7 Å². The van der Waals surface area contributed by atoms with E-state index >= 15 is 0 Å². The summed E-state index contributed by atoms with van der Waals surface area (Å²) in [5.41, 5.74) is 2.20. The summed E-state index contributed by atoms with van der Waals surface area (Å²) in [5, 5.41) is 3.37. The quantitative estimate of drug-likeness (QED) is 0.776. The van der Waals surface area contributed by atoms with Gasteiger partial charge >= 0.3 is 0 Å². The smallest absolute Gasteiger partial charge is 0.242 e. The Kier molecular flexibility index (Phi) is 6.85. The van der Waals surface area contributed by atoms with Gasteiger partial charge in [-0.2, -0.15) is 0 Å². The van der Waals surface area contributed by atoms with Gasteiger partial charge in [0.25, 0.3) is 0 Å². The molecule has 0 radical (unpaired) electrons. The van der Waals surface area contributed by atoms with Crippen molar-refractivity contribution in [3.05, 3.63) is 70.7 Å². The third-order valence-electron chi connectivity index (χ3n) is 4.83. The van der Waals surface area contributed by atoms with Crippen molar-refractivity contribution in [2.75, 3.05) is 32.7 Å². The molecule has 1 aliphatic heterocycles. The molecule has 1 saturated heterocycles. The molecule has 2 N–H and O–H groups in total. The van der Waals surface area contributed by atoms with E-state index in [2.05, 4.69) is 29.6 Å². The molecule has 1 fully saturated rings. The second kappa shape index (κ2) is 9.53. The minimum absolute atomic E-state index is 0.0155. The van der Waals surface area contributed by atoms with E-state index in [4.69, 9.17) is 11.6 Å². The van der Waals surface area contributed by atoms with Crippen molar-refractivity contribution >= 4 is 23.4 Å². The van der Waals surface area contributed by atoms with Gasteiger partial charge in [-0.3, -0.25) is 9.59 Å². The summed E-state index contributed by atoms with van der Waals surface area (Å²) in [5.74, 6) is -0.169. The summed E-state index contributed by atoms with van der Waals surface area (Å²) in [6, 6.07) is 17.6. The van der Waals surface area contributed by atoms with Gasteiger partial charge in [-0.1, -0.05) is 54.1 Å². The Balaban J connectivity index is 1.37. The summed E-state index contributed by atoms with van der Waals surface area (Å²) < 4.78 is 0. The van der Waals surface area contributed by atoms with Crippen molar-refractivity contribution in [2.45, 2.75) is 13.0 Å². The first kappa shape index (κ1) is 19.4. The van der Waals surface area contributed by atoms with Gasteiger partial charge < -0.3 is 15.1 Å². The summed E-state index contributed by atoms with van der Waals surface area (Å²) in [6.45, 7) is 4.36. The fourth-order valence-corrected chi connectivity index (χ4v) is 3.40. The molecule has 0 bridgehead atoms. The van der Waals surface area contributed by atoms with Crippen molar-refractivity contribution in [3.63, 3.8) is 0 Å². The predicted molar refractivity (Wildman–Crippen MR) is 106 cm³/mol. The number of nitrogens with one attached hydrogen (secondary N) is 2. The van der Waals surface area contributed by atoms with Crippen LogP contribution in [-0.2, 0) is 22.6 Å². The number of rotatable bonds is 6. The van der Waals surface area contributed by atoms with Crippen molar-refractivity contribution in [1.29, 1.82) is 0 Å². The molecule has 2 amide bonds. The van der Waals surface area contributed by atoms with Crippen molar-refractivity contribution in [3.8, 4) is 0 Å². The fourth-order valence-electron chi connectivity index (χ4n) is 3.27. The molecule has 0 aliphatic carbocycles. The number of hydrogen-bond acceptors (Lipinski definition) is 2. The average Bonchev–Trinajstić information content (AvgIpc) is 2.69. The monoisotopic (exact) mass is 386 g/mol. The van der Waals surface area contributed by atoms with Crippen molar-refractivity contribution in [2.24, 2.45) is 0 Å². The third kappa shape index (κ3) is 6.08. The first-order valence-corrected chi connectivity index (χ1v) is 9.64. The Morgan fingerprint density at radius 3 is 2.30 bits per heavy atom. The SMILES string of the molecule is O=C(Cc1ccc(Cl)cc1)NCC(=O)N1CC[NH+](Cc2ccccc2)CC1. The highest BCUT2D eigenvalue weighted by Crippen LogP contribution is 2.09. The normalized spacial score (nSPS) is 14.8. The second-order valence-electron chi connectivity index (χ2n) is 6.87. The van der Waals surface area contributed by atoms with Gasteiger partial charge in [-0.25, -0.2) is 0 Å². The van der Waals surface area contributed by atoms with E-state index in [1.807, 2.05) is 23.1 Å². The Hall–Kier alpha value is -2.37. The summed E-state index contributed by atoms with van der Waals surface area (Å²) in [4.78, 5) is 27.7. The van der Waals surface area contributed by atoms with E-state index in [9.17, 15) is 9.59 Å². The lowest BCUT2D eigenvalue weighted by Crippen LogP contribution is -3.13. The Morgan fingerprint density at radius 1 is 0.963 bits per heavy atom. The zero-order valence-electron chi connectivity index (χ0n) is 15.3. The van der Waals surface area contributed by atoms with Crippen LogP contribution in [0.5, 0.6) is 0 Å². The summed E-state index contributed by atoms with van der Waals surface area (Å²) in [6.07, 6.45) is 0.249. The molecule has 2 aromatic carbocycles. The number of amides is 2. The van der Waals surface area contributed by atoms with Crippen LogP contribution in [0.2, 0.25) is 5.02 Å². The minimum atomic E-state index is -0.154. The maximum Gasteiger partial charge on any atom is 0.242 e. The zero-order chi connectivity index (χ0) is 19.1. The topological polar surface area (TPSA) is 53.9 Å². The zero-order valence-corrected chi connectivity index (χ0v) is 16.0. The highest BCUT2D eigenvalue weighted by Gasteiger charge is 2.23. The van der Waals surface area contributed by atoms with E-state index in [1.54, 1.807) is 12.1 Å². The summed E-state index contributed by atoms with van der Waals surface area (Å²) >= 11 is 5.84. The molecule has 0 saturated carbocycles. The number of quaternary nitrogens is 1. The number of carbonyl (C=O) groups is 2. The van der Waals surface area contributed by atoms with Crippen LogP contribution in [0.3, 0.4) is 0 Å². The van der Waals surface area contributed by atoms with Crippen LogP contribution in [-0.4, -0.2) is 49.4 Å². The van der Waals surface area contributed by atoms with E-state index in [1.165, 1.54) is 10.5 Å². The molecule has 3 rings (SSSR count). The molecule has 27 heavy (non-hydrogen) atoms. The van der Waals surface area contributed by atoms with Gasteiger partial charge in [0.1, 0.15) is 6.54 Å². The fraction of sp³-hybridized carbons (Fsp3) is 0.333. The van der Waals surface area contributed by atoms with E-state index in [0.29, 0.717) is 5.02 Å². The number of hydrogen-bond donors (Lipinski definition) is 2. The average molecular weight is 387 g/mol. The number of halogens is 1. The molecule has 1 aliphatic rings. The van der Waals surface area contributed by atoms with Gasteiger partial charge in [0.05, 0.1) is 39.1 Å². The molecule has 2 aromatic rings. The largest absolute Gasteiger partial charge is 0.347 e. The van der Waals surface area contributed by atoms with Crippen LogP contribution in [0.25, 0.3) is 0 Å². The molecule has 0 aromatic heterocycles. The van der Waals surface area contributed by atoms with Crippen LogP contribution in [0.15, 0.2) is 54.6 Å². The molecule has 0 unspecified atom stereocenters. The Bertz CT molecular complexity index is 757. The van der Waals surface area contributed by atoms with Crippen LogP contribution in [0.1, 0.15) is 11.1 Å². The van der Waals surface area contributed by atoms with Gasteiger partial charge in [0.15, 0.2) is 0 Å². The number of piperazine rings is 1. The molecule has 1 heterocycles. The number of carbonyl (C=O) groups excluding carboxylic acids is 2. The molecule has 0 atom stereocenters. The van der Waals surface area contributed by atoms with Crippen LogP contribution in [0, 0.1) is 0 Å². The molecule has 6 heteroatoms. The van der Waals surface area contributed by atoms with E-state index in [0.717, 1.165) is 38.3 Å². The van der Waals surface area contributed by atoms with Crippen LogP contribution < -0.4 is 10.2 Å². The molecule has 5 nitrogen and oxygen atoms in total. The third-order valence-corrected chi connectivity index (χ3v) is 5.09. The number of benzene rings is 2. The standard InChI is InChI=1S/C21H24ClN3O2/c22-19-8-6-17(7-9-19)14-20(26)23-15-21(27)25-12-10-24(11-13-25)16-18-4-2-1-3-5-18/h1-9H,10-16H2,(H,23,26)/p+1. The van der Waals surface area contributed by atoms with Gasteiger partial charge in [0, 0.05) is 10.6 Å². The first-order chi connectivity index (χ1) is 13.1. The molecule has 142 valence electrons. The number of nitrogens with zero attached hydrogens (tertiary/aromatic N) is 1. The van der Waals surface area contributed by atoms with Gasteiger partial charge in [-0.15, -0.1) is 0 Å². The maximum atomic E-state index is 12.3. The Labute approximate surface area is 164 Å². The van der Waals surface area contributed by atoms with Crippen molar-refractivity contribution in [1.82, 2.24) is 10.2 Å². The predicted octanol–water partition coefficient (Wildman–Crippen LogP) is 0.926. The highest BCUT2D eigenvalue weighted by atomic mass is 35.5. The molecule has 0 spiro atoms. The maximum absolute atomic E-state index is 12.3. The second-order valence-corrected chi connectivity index (χ2v) is 7.31. The lowest BCUT2D eigenvalue weighted by molar-refractivity contribution is -0.917. The van der Waals surface area contributed by atoms with Gasteiger partial charge in [0.2, 0.25) is 11.8 Å². The lowest BCUT2D eigenvalue weighted by Gasteiger charge is -2.32.